The van der Waals surface area contributed by atoms with Crippen LogP contribution in [0.5, 0.6) is 5.75 Å². The van der Waals surface area contributed by atoms with Crippen LogP contribution in [0.15, 0.2) is 24.5 Å². The molecule has 0 radical (unpaired) electrons. The van der Waals surface area contributed by atoms with Crippen LogP contribution in [0.25, 0.3) is 0 Å². The SMILES string of the molecule is COc1ccc(CNCc2ncn(C)n2)cc1[N+](=O)[O-]. The molecular weight excluding hydrogens is 262 g/mol. The third kappa shape index (κ3) is 3.29. The Morgan fingerprint density at radius 2 is 2.25 bits per heavy atom. The number of aromatic nitrogens is 3. The van der Waals surface area contributed by atoms with Gasteiger partial charge in [-0.25, -0.2) is 4.98 Å². The lowest BCUT2D eigenvalue weighted by molar-refractivity contribution is -0.385. The predicted molar refractivity (Wildman–Crippen MR) is 71.2 cm³/mol. The van der Waals surface area contributed by atoms with Crippen molar-refractivity contribution in [2.45, 2.75) is 13.1 Å². The number of nitrogens with zero attached hydrogens (tertiary/aromatic N) is 4. The molecule has 0 spiro atoms. The molecule has 0 bridgehead atoms. The van der Waals surface area contributed by atoms with Crippen molar-refractivity contribution in [2.75, 3.05) is 7.11 Å². The van der Waals surface area contributed by atoms with E-state index in [4.69, 9.17) is 4.74 Å². The van der Waals surface area contributed by atoms with Gasteiger partial charge in [-0.2, -0.15) is 5.10 Å². The molecule has 0 aliphatic rings. The Morgan fingerprint density at radius 1 is 1.45 bits per heavy atom. The summed E-state index contributed by atoms with van der Waals surface area (Å²) in [7, 11) is 3.20. The summed E-state index contributed by atoms with van der Waals surface area (Å²) in [5.74, 6) is 0.931. The van der Waals surface area contributed by atoms with E-state index in [0.29, 0.717) is 18.9 Å². The summed E-state index contributed by atoms with van der Waals surface area (Å²) in [6.07, 6.45) is 1.62. The smallest absolute Gasteiger partial charge is 0.311 e. The van der Waals surface area contributed by atoms with Gasteiger partial charge in [0.1, 0.15) is 6.33 Å². The number of nitrogens with one attached hydrogen (secondary N) is 1. The summed E-state index contributed by atoms with van der Waals surface area (Å²) < 4.78 is 6.57. The molecule has 0 aliphatic heterocycles. The van der Waals surface area contributed by atoms with Gasteiger partial charge in [-0.15, -0.1) is 0 Å². The standard InChI is InChI=1S/C12H15N5O3/c1-16-8-14-12(15-16)7-13-6-9-3-4-11(20-2)10(5-9)17(18)19/h3-5,8,13H,6-7H2,1-2H3. The average Bonchev–Trinajstić information content (AvgIpc) is 2.84. The van der Waals surface area contributed by atoms with Gasteiger partial charge in [-0.3, -0.25) is 14.8 Å². The van der Waals surface area contributed by atoms with Crippen LogP contribution in [0, 0.1) is 10.1 Å². The summed E-state index contributed by atoms with van der Waals surface area (Å²) in [5, 5.41) is 18.2. The number of ether oxygens (including phenoxy) is 1. The van der Waals surface area contributed by atoms with Crippen LogP contribution in [-0.4, -0.2) is 26.8 Å². The fraction of sp³-hybridized carbons (Fsp3) is 0.333. The first-order chi connectivity index (χ1) is 9.60. The summed E-state index contributed by atoms with van der Waals surface area (Å²) in [6, 6.07) is 4.87. The fourth-order valence-electron chi connectivity index (χ4n) is 1.77. The van der Waals surface area contributed by atoms with E-state index >= 15 is 0 Å². The quantitative estimate of drug-likeness (QED) is 0.625. The highest BCUT2D eigenvalue weighted by Gasteiger charge is 2.14. The zero-order valence-electron chi connectivity index (χ0n) is 11.2. The van der Waals surface area contributed by atoms with Gasteiger partial charge in [0.2, 0.25) is 0 Å². The number of nitro benzene ring substituents is 1. The third-order valence-electron chi connectivity index (χ3n) is 2.70. The highest BCUT2D eigenvalue weighted by Crippen LogP contribution is 2.27. The first kappa shape index (κ1) is 13.9. The Labute approximate surface area is 115 Å². The number of hydrogen-bond acceptors (Lipinski definition) is 6. The lowest BCUT2D eigenvalue weighted by Crippen LogP contribution is -2.14. The summed E-state index contributed by atoms with van der Waals surface area (Å²) in [4.78, 5) is 14.5. The Hall–Kier alpha value is -2.48. The third-order valence-corrected chi connectivity index (χ3v) is 2.70. The largest absolute Gasteiger partial charge is 0.490 e. The minimum Gasteiger partial charge on any atom is -0.490 e. The molecule has 0 amide bonds. The maximum Gasteiger partial charge on any atom is 0.311 e. The molecule has 8 nitrogen and oxygen atoms in total. The molecule has 0 saturated carbocycles. The molecule has 1 aromatic heterocycles. The average molecular weight is 277 g/mol. The van der Waals surface area contributed by atoms with Gasteiger partial charge in [-0.05, 0) is 11.6 Å². The van der Waals surface area contributed by atoms with Crippen LogP contribution in [0.1, 0.15) is 11.4 Å². The maximum atomic E-state index is 10.9. The van der Waals surface area contributed by atoms with Crippen molar-refractivity contribution >= 4 is 5.69 Å². The van der Waals surface area contributed by atoms with Gasteiger partial charge in [0.25, 0.3) is 0 Å². The van der Waals surface area contributed by atoms with Crippen LogP contribution < -0.4 is 10.1 Å². The number of hydrogen-bond donors (Lipinski definition) is 1. The molecule has 2 aromatic rings. The molecule has 8 heteroatoms. The molecular formula is C12H15N5O3. The van der Waals surface area contributed by atoms with Crippen molar-refractivity contribution < 1.29 is 9.66 Å². The summed E-state index contributed by atoms with van der Waals surface area (Å²) in [6.45, 7) is 0.990. The first-order valence-electron chi connectivity index (χ1n) is 5.96. The summed E-state index contributed by atoms with van der Waals surface area (Å²) in [5.41, 5.74) is 0.760. The first-order valence-corrected chi connectivity index (χ1v) is 5.96. The second-order valence-electron chi connectivity index (χ2n) is 4.20. The van der Waals surface area contributed by atoms with Gasteiger partial charge in [0.15, 0.2) is 11.6 Å². The van der Waals surface area contributed by atoms with Crippen molar-refractivity contribution in [3.63, 3.8) is 0 Å². The van der Waals surface area contributed by atoms with Gasteiger partial charge >= 0.3 is 5.69 Å². The van der Waals surface area contributed by atoms with Crippen LogP contribution in [-0.2, 0) is 20.1 Å². The van der Waals surface area contributed by atoms with E-state index in [1.54, 1.807) is 30.2 Å². The van der Waals surface area contributed by atoms with Crippen LogP contribution in [0.4, 0.5) is 5.69 Å². The van der Waals surface area contributed by atoms with E-state index < -0.39 is 4.92 Å². The molecule has 0 atom stereocenters. The zero-order chi connectivity index (χ0) is 14.5. The monoisotopic (exact) mass is 277 g/mol. The summed E-state index contributed by atoms with van der Waals surface area (Å²) >= 11 is 0. The maximum absolute atomic E-state index is 10.9. The predicted octanol–water partition coefficient (Wildman–Crippen LogP) is 1.02. The Morgan fingerprint density at radius 3 is 2.85 bits per heavy atom. The highest BCUT2D eigenvalue weighted by molar-refractivity contribution is 5.48. The van der Waals surface area contributed by atoms with Crippen LogP contribution in [0.2, 0.25) is 0 Å². The number of aryl methyl sites for hydroxylation is 1. The van der Waals surface area contributed by atoms with Gasteiger partial charge < -0.3 is 10.1 Å². The Kier molecular flexibility index (Phi) is 4.26. The molecule has 20 heavy (non-hydrogen) atoms. The molecule has 2 rings (SSSR count). The fourth-order valence-corrected chi connectivity index (χ4v) is 1.77. The van der Waals surface area contributed by atoms with Crippen molar-refractivity contribution in [3.8, 4) is 5.75 Å². The number of benzene rings is 1. The number of rotatable bonds is 6. The van der Waals surface area contributed by atoms with Gasteiger partial charge in [0.05, 0.1) is 18.6 Å². The molecule has 1 heterocycles. The second kappa shape index (κ2) is 6.11. The van der Waals surface area contributed by atoms with Crippen molar-refractivity contribution in [3.05, 3.63) is 46.0 Å². The lowest BCUT2D eigenvalue weighted by Gasteiger charge is -2.05. The van der Waals surface area contributed by atoms with E-state index in [0.717, 1.165) is 5.56 Å². The molecule has 0 saturated heterocycles. The lowest BCUT2D eigenvalue weighted by atomic mass is 10.2. The van der Waals surface area contributed by atoms with Crippen LogP contribution >= 0.6 is 0 Å². The Balaban J connectivity index is 1.99. The van der Waals surface area contributed by atoms with Crippen molar-refractivity contribution in [2.24, 2.45) is 7.05 Å². The number of nitro groups is 1. The van der Waals surface area contributed by atoms with E-state index in [9.17, 15) is 10.1 Å². The molecule has 1 N–H and O–H groups in total. The van der Waals surface area contributed by atoms with E-state index in [1.165, 1.54) is 13.2 Å². The topological polar surface area (TPSA) is 95.1 Å². The van der Waals surface area contributed by atoms with E-state index in [2.05, 4.69) is 15.4 Å². The zero-order valence-corrected chi connectivity index (χ0v) is 11.2. The molecule has 0 unspecified atom stereocenters. The van der Waals surface area contributed by atoms with E-state index in [1.807, 2.05) is 0 Å². The Bertz CT molecular complexity index is 611. The minimum absolute atomic E-state index is 0.0391. The van der Waals surface area contributed by atoms with Gasteiger partial charge in [0, 0.05) is 19.7 Å². The molecule has 106 valence electrons. The molecule has 0 fully saturated rings. The molecule has 1 aromatic carbocycles. The van der Waals surface area contributed by atoms with Crippen LogP contribution in [0.3, 0.4) is 0 Å². The van der Waals surface area contributed by atoms with Crippen molar-refractivity contribution in [1.29, 1.82) is 0 Å². The number of methoxy groups -OCH3 is 1. The molecule has 0 aliphatic carbocycles. The van der Waals surface area contributed by atoms with Gasteiger partial charge in [-0.1, -0.05) is 6.07 Å². The van der Waals surface area contributed by atoms with E-state index in [-0.39, 0.29) is 11.4 Å². The normalized spacial score (nSPS) is 10.5. The minimum atomic E-state index is -0.456. The van der Waals surface area contributed by atoms with Crippen molar-refractivity contribution in [1.82, 2.24) is 20.1 Å². The highest BCUT2D eigenvalue weighted by atomic mass is 16.6. The second-order valence-corrected chi connectivity index (χ2v) is 4.20.